The summed E-state index contributed by atoms with van der Waals surface area (Å²) < 4.78 is 0. The van der Waals surface area contributed by atoms with Crippen LogP contribution in [0.2, 0.25) is 0 Å². The summed E-state index contributed by atoms with van der Waals surface area (Å²) in [6, 6.07) is 14.7. The average molecular weight is 436 g/mol. The third kappa shape index (κ3) is 5.38. The van der Waals surface area contributed by atoms with Crippen molar-refractivity contribution in [3.8, 4) is 22.5 Å². The van der Waals surface area contributed by atoms with Crippen LogP contribution in [0.4, 0.5) is 0 Å². The van der Waals surface area contributed by atoms with Crippen molar-refractivity contribution in [2.45, 2.75) is 52.6 Å². The predicted octanol–water partition coefficient (Wildman–Crippen LogP) is 4.16. The van der Waals surface area contributed by atoms with Gasteiger partial charge in [-0.15, -0.1) is 10.2 Å². The zero-order valence-electron chi connectivity index (χ0n) is 18.7. The fourth-order valence-electron chi connectivity index (χ4n) is 3.81. The molecule has 8 nitrogen and oxygen atoms in total. The van der Waals surface area contributed by atoms with Gasteiger partial charge in [-0.2, -0.15) is 5.21 Å². The van der Waals surface area contributed by atoms with Gasteiger partial charge in [-0.05, 0) is 40.3 Å². The SMILES string of the molecule is CCCCC(=O)N(Cc1ccc(-c2ccccc2)c(-c2nn[nH]n2)c1)[C@@H](C(=O)O)C(C)C. The number of aliphatic carboxylic acids is 1. The largest absolute Gasteiger partial charge is 0.480 e. The van der Waals surface area contributed by atoms with E-state index in [2.05, 4.69) is 20.6 Å². The second-order valence-electron chi connectivity index (χ2n) is 8.13. The number of benzene rings is 2. The van der Waals surface area contributed by atoms with Crippen molar-refractivity contribution in [2.75, 3.05) is 0 Å². The number of hydrogen-bond donors (Lipinski definition) is 2. The lowest BCUT2D eigenvalue weighted by Crippen LogP contribution is -2.47. The molecule has 32 heavy (non-hydrogen) atoms. The number of aromatic amines is 1. The van der Waals surface area contributed by atoms with Crippen molar-refractivity contribution in [1.29, 1.82) is 0 Å². The maximum atomic E-state index is 13.0. The van der Waals surface area contributed by atoms with Gasteiger partial charge < -0.3 is 10.0 Å². The number of nitrogens with zero attached hydrogens (tertiary/aromatic N) is 4. The number of hydrogen-bond acceptors (Lipinski definition) is 5. The Morgan fingerprint density at radius 2 is 1.84 bits per heavy atom. The number of carboxylic acid groups (broad SMARTS) is 1. The van der Waals surface area contributed by atoms with Crippen molar-refractivity contribution < 1.29 is 14.7 Å². The normalized spacial score (nSPS) is 12.0. The van der Waals surface area contributed by atoms with Gasteiger partial charge in [-0.3, -0.25) is 4.79 Å². The molecule has 0 aliphatic rings. The van der Waals surface area contributed by atoms with Gasteiger partial charge in [-0.25, -0.2) is 4.79 Å². The molecule has 1 heterocycles. The number of carbonyl (C=O) groups excluding carboxylic acids is 1. The molecule has 0 unspecified atom stereocenters. The fraction of sp³-hybridized carbons (Fsp3) is 0.375. The Kier molecular flexibility index (Phi) is 7.70. The maximum Gasteiger partial charge on any atom is 0.326 e. The number of amides is 1. The summed E-state index contributed by atoms with van der Waals surface area (Å²) in [7, 11) is 0. The molecule has 0 spiro atoms. The number of rotatable bonds is 10. The molecule has 0 bridgehead atoms. The number of unbranched alkanes of at least 4 members (excludes halogenated alkanes) is 1. The molecule has 0 aliphatic heterocycles. The first-order valence-corrected chi connectivity index (χ1v) is 10.9. The van der Waals surface area contributed by atoms with Crippen molar-refractivity contribution in [2.24, 2.45) is 5.92 Å². The van der Waals surface area contributed by atoms with Crippen LogP contribution in [0.3, 0.4) is 0 Å². The van der Waals surface area contributed by atoms with Gasteiger partial charge in [0.2, 0.25) is 11.7 Å². The van der Waals surface area contributed by atoms with Crippen LogP contribution in [-0.4, -0.2) is 48.5 Å². The molecule has 1 aromatic heterocycles. The first kappa shape index (κ1) is 23.1. The Balaban J connectivity index is 2.02. The van der Waals surface area contributed by atoms with E-state index in [4.69, 9.17) is 0 Å². The van der Waals surface area contributed by atoms with Crippen LogP contribution in [-0.2, 0) is 16.1 Å². The standard InChI is InChI=1S/C24H29N5O3/c1-4-5-11-21(30)29(22(16(2)3)24(31)32)15-17-12-13-19(18-9-7-6-8-10-18)20(14-17)23-25-27-28-26-23/h6-10,12-14,16,22H,4-5,11,15H2,1-3H3,(H,31,32)(H,25,26,27,28)/t22-/m1/s1. The van der Waals surface area contributed by atoms with E-state index in [1.807, 2.05) is 69.3 Å². The molecule has 0 saturated carbocycles. The van der Waals surface area contributed by atoms with Gasteiger partial charge in [-0.1, -0.05) is 69.7 Å². The second kappa shape index (κ2) is 10.7. The molecule has 3 aromatic rings. The predicted molar refractivity (Wildman–Crippen MR) is 121 cm³/mol. The van der Waals surface area contributed by atoms with Crippen molar-refractivity contribution in [1.82, 2.24) is 25.5 Å². The van der Waals surface area contributed by atoms with E-state index < -0.39 is 12.0 Å². The molecular formula is C24H29N5O3. The lowest BCUT2D eigenvalue weighted by molar-refractivity contribution is -0.153. The molecule has 1 atom stereocenters. The Hall–Kier alpha value is -3.55. The zero-order chi connectivity index (χ0) is 23.1. The molecular weight excluding hydrogens is 406 g/mol. The minimum absolute atomic E-state index is 0.152. The van der Waals surface area contributed by atoms with E-state index in [9.17, 15) is 14.7 Å². The molecule has 2 aromatic carbocycles. The Labute approximate surface area is 187 Å². The van der Waals surface area contributed by atoms with Crippen molar-refractivity contribution >= 4 is 11.9 Å². The van der Waals surface area contributed by atoms with Gasteiger partial charge in [0.15, 0.2) is 0 Å². The summed E-state index contributed by atoms with van der Waals surface area (Å²) >= 11 is 0. The highest BCUT2D eigenvalue weighted by Crippen LogP contribution is 2.31. The number of carboxylic acids is 1. The summed E-state index contributed by atoms with van der Waals surface area (Å²) in [6.45, 7) is 5.84. The highest BCUT2D eigenvalue weighted by Gasteiger charge is 2.32. The summed E-state index contributed by atoms with van der Waals surface area (Å²) in [5, 5.41) is 24.3. The Morgan fingerprint density at radius 3 is 2.44 bits per heavy atom. The first-order valence-electron chi connectivity index (χ1n) is 10.9. The molecule has 0 saturated heterocycles. The van der Waals surface area contributed by atoms with Gasteiger partial charge >= 0.3 is 5.97 Å². The fourth-order valence-corrected chi connectivity index (χ4v) is 3.81. The van der Waals surface area contributed by atoms with E-state index in [1.165, 1.54) is 4.90 Å². The lowest BCUT2D eigenvalue weighted by atomic mass is 9.96. The van der Waals surface area contributed by atoms with Crippen LogP contribution < -0.4 is 0 Å². The Bertz CT molecular complexity index is 1040. The topological polar surface area (TPSA) is 112 Å². The molecule has 3 rings (SSSR count). The van der Waals surface area contributed by atoms with E-state index >= 15 is 0 Å². The number of aromatic nitrogens is 4. The number of H-pyrrole nitrogens is 1. The van der Waals surface area contributed by atoms with Gasteiger partial charge in [0.25, 0.3) is 0 Å². The van der Waals surface area contributed by atoms with Gasteiger partial charge in [0.1, 0.15) is 6.04 Å². The van der Waals surface area contributed by atoms with E-state index in [0.29, 0.717) is 12.2 Å². The summed E-state index contributed by atoms with van der Waals surface area (Å²) in [6.07, 6.45) is 1.92. The number of nitrogens with one attached hydrogen (secondary N) is 1. The molecule has 8 heteroatoms. The van der Waals surface area contributed by atoms with Crippen LogP contribution >= 0.6 is 0 Å². The Morgan fingerprint density at radius 1 is 1.09 bits per heavy atom. The maximum absolute atomic E-state index is 13.0. The van der Waals surface area contributed by atoms with Gasteiger partial charge in [0.05, 0.1) is 0 Å². The minimum Gasteiger partial charge on any atom is -0.480 e. The van der Waals surface area contributed by atoms with E-state index in [1.54, 1.807) is 0 Å². The van der Waals surface area contributed by atoms with Gasteiger partial charge in [0, 0.05) is 18.5 Å². The van der Waals surface area contributed by atoms with Crippen molar-refractivity contribution in [3.05, 3.63) is 54.1 Å². The highest BCUT2D eigenvalue weighted by molar-refractivity contribution is 5.84. The molecule has 0 radical (unpaired) electrons. The summed E-state index contributed by atoms with van der Waals surface area (Å²) in [4.78, 5) is 26.5. The lowest BCUT2D eigenvalue weighted by Gasteiger charge is -2.32. The summed E-state index contributed by atoms with van der Waals surface area (Å²) in [5.41, 5.74) is 3.50. The molecule has 2 N–H and O–H groups in total. The smallest absolute Gasteiger partial charge is 0.326 e. The van der Waals surface area contributed by atoms with Crippen LogP contribution in [0.1, 0.15) is 45.6 Å². The third-order valence-electron chi connectivity index (χ3n) is 5.39. The van der Waals surface area contributed by atoms with Crippen LogP contribution in [0.25, 0.3) is 22.5 Å². The third-order valence-corrected chi connectivity index (χ3v) is 5.39. The quantitative estimate of drug-likeness (QED) is 0.494. The molecule has 0 aliphatic carbocycles. The van der Waals surface area contributed by atoms with Crippen molar-refractivity contribution in [3.63, 3.8) is 0 Å². The number of carbonyl (C=O) groups is 2. The molecule has 1 amide bonds. The minimum atomic E-state index is -0.996. The van der Waals surface area contributed by atoms with Crippen LogP contribution in [0, 0.1) is 5.92 Å². The highest BCUT2D eigenvalue weighted by atomic mass is 16.4. The molecule has 168 valence electrons. The average Bonchev–Trinajstić information content (AvgIpc) is 3.32. The number of tetrazole rings is 1. The van der Waals surface area contributed by atoms with Crippen LogP contribution in [0.5, 0.6) is 0 Å². The zero-order valence-corrected chi connectivity index (χ0v) is 18.7. The molecule has 0 fully saturated rings. The summed E-state index contributed by atoms with van der Waals surface area (Å²) in [5.74, 6) is -0.933. The van der Waals surface area contributed by atoms with E-state index in [-0.39, 0.29) is 18.4 Å². The van der Waals surface area contributed by atoms with Crippen LogP contribution in [0.15, 0.2) is 48.5 Å². The second-order valence-corrected chi connectivity index (χ2v) is 8.13. The monoisotopic (exact) mass is 435 g/mol. The first-order chi connectivity index (χ1) is 15.4. The van der Waals surface area contributed by atoms with E-state index in [0.717, 1.165) is 35.1 Å².